The number of pyridine rings is 1. The van der Waals surface area contributed by atoms with Gasteiger partial charge in [-0.2, -0.15) is 5.10 Å². The number of rotatable bonds is 5. The van der Waals surface area contributed by atoms with Crippen molar-refractivity contribution in [2.75, 3.05) is 6.54 Å². The van der Waals surface area contributed by atoms with Crippen LogP contribution < -0.4 is 5.32 Å². The highest BCUT2D eigenvalue weighted by atomic mass is 16.2. The van der Waals surface area contributed by atoms with E-state index in [4.69, 9.17) is 0 Å². The Morgan fingerprint density at radius 2 is 1.89 bits per heavy atom. The van der Waals surface area contributed by atoms with Crippen LogP contribution >= 0.6 is 0 Å². The predicted octanol–water partition coefficient (Wildman–Crippen LogP) is 1.06. The zero-order valence-electron chi connectivity index (χ0n) is 14.9. The number of carbonyl (C=O) groups is 3. The molecule has 0 radical (unpaired) electrons. The van der Waals surface area contributed by atoms with E-state index in [9.17, 15) is 14.4 Å². The lowest BCUT2D eigenvalue weighted by Gasteiger charge is -2.19. The van der Waals surface area contributed by atoms with E-state index in [1.54, 1.807) is 35.4 Å². The summed E-state index contributed by atoms with van der Waals surface area (Å²) in [6.45, 7) is 0.0838. The van der Waals surface area contributed by atoms with Crippen molar-refractivity contribution in [3.8, 4) is 5.82 Å². The van der Waals surface area contributed by atoms with Crippen LogP contribution in [0.1, 0.15) is 31.2 Å². The summed E-state index contributed by atoms with van der Waals surface area (Å²) < 4.78 is 1.63. The van der Waals surface area contributed by atoms with Gasteiger partial charge in [0.2, 0.25) is 17.7 Å². The van der Waals surface area contributed by atoms with Gasteiger partial charge >= 0.3 is 0 Å². The minimum atomic E-state index is -0.340. The Kier molecular flexibility index (Phi) is 4.70. The van der Waals surface area contributed by atoms with E-state index >= 15 is 0 Å². The molecular formula is C19H21N5O3. The van der Waals surface area contributed by atoms with E-state index < -0.39 is 0 Å². The Balaban J connectivity index is 1.36. The van der Waals surface area contributed by atoms with Crippen LogP contribution in [0.3, 0.4) is 0 Å². The highest BCUT2D eigenvalue weighted by molar-refractivity contribution is 6.07. The molecule has 8 heteroatoms. The van der Waals surface area contributed by atoms with Gasteiger partial charge in [0, 0.05) is 25.1 Å². The Hall–Kier alpha value is -3.03. The molecule has 1 saturated heterocycles. The molecule has 1 aliphatic heterocycles. The number of likely N-dealkylation sites (tertiary alicyclic amines) is 1. The van der Waals surface area contributed by atoms with Crippen LogP contribution in [0.25, 0.3) is 5.82 Å². The standard InChI is InChI=1S/C19H21N5O3/c25-17(12-23-18(26)14-4-1-2-5-15(14)19(23)27)21-11-13-6-8-20-16(10-13)24-9-3-7-22-24/h3,6-10,14-15H,1-2,4-5,11-12H2,(H,21,25)/t14-,15-/m1/s1. The summed E-state index contributed by atoms with van der Waals surface area (Å²) in [5.74, 6) is -0.519. The minimum Gasteiger partial charge on any atom is -0.350 e. The van der Waals surface area contributed by atoms with Crippen LogP contribution in [0.4, 0.5) is 0 Å². The van der Waals surface area contributed by atoms with Gasteiger partial charge in [-0.05, 0) is 36.6 Å². The van der Waals surface area contributed by atoms with Crippen molar-refractivity contribution in [2.45, 2.75) is 32.2 Å². The second kappa shape index (κ2) is 7.30. The van der Waals surface area contributed by atoms with E-state index in [1.807, 2.05) is 6.07 Å². The van der Waals surface area contributed by atoms with Crippen LogP contribution in [0.15, 0.2) is 36.8 Å². The third-order valence-corrected chi connectivity index (χ3v) is 5.27. The maximum absolute atomic E-state index is 12.4. The lowest BCUT2D eigenvalue weighted by Crippen LogP contribution is -2.40. The molecule has 1 saturated carbocycles. The van der Waals surface area contributed by atoms with E-state index in [0.29, 0.717) is 12.4 Å². The number of carbonyl (C=O) groups excluding carboxylic acids is 3. The lowest BCUT2D eigenvalue weighted by atomic mass is 9.81. The van der Waals surface area contributed by atoms with E-state index in [2.05, 4.69) is 15.4 Å². The Labute approximate surface area is 156 Å². The molecular weight excluding hydrogens is 346 g/mol. The maximum Gasteiger partial charge on any atom is 0.240 e. The van der Waals surface area contributed by atoms with Crippen molar-refractivity contribution >= 4 is 17.7 Å². The van der Waals surface area contributed by atoms with Gasteiger partial charge in [-0.15, -0.1) is 0 Å². The fourth-order valence-corrected chi connectivity index (χ4v) is 3.89. The van der Waals surface area contributed by atoms with Crippen molar-refractivity contribution in [3.05, 3.63) is 42.4 Å². The van der Waals surface area contributed by atoms with Gasteiger partial charge < -0.3 is 5.32 Å². The summed E-state index contributed by atoms with van der Waals surface area (Å²) in [7, 11) is 0. The highest BCUT2D eigenvalue weighted by Crippen LogP contribution is 2.37. The molecule has 8 nitrogen and oxygen atoms in total. The van der Waals surface area contributed by atoms with Crippen molar-refractivity contribution in [2.24, 2.45) is 11.8 Å². The van der Waals surface area contributed by atoms with Crippen molar-refractivity contribution in [1.82, 2.24) is 25.0 Å². The lowest BCUT2D eigenvalue weighted by molar-refractivity contribution is -0.143. The molecule has 27 heavy (non-hydrogen) atoms. The molecule has 2 atom stereocenters. The van der Waals surface area contributed by atoms with E-state index in [1.165, 1.54) is 0 Å². The van der Waals surface area contributed by atoms with Crippen LogP contribution in [0.5, 0.6) is 0 Å². The molecule has 0 aromatic carbocycles. The molecule has 0 bridgehead atoms. The number of imide groups is 1. The maximum atomic E-state index is 12.4. The van der Waals surface area contributed by atoms with Gasteiger partial charge in [0.15, 0.2) is 5.82 Å². The monoisotopic (exact) mass is 367 g/mol. The van der Waals surface area contributed by atoms with Crippen molar-refractivity contribution in [3.63, 3.8) is 0 Å². The molecule has 140 valence electrons. The van der Waals surface area contributed by atoms with Crippen molar-refractivity contribution < 1.29 is 14.4 Å². The first-order valence-corrected chi connectivity index (χ1v) is 9.20. The van der Waals surface area contributed by atoms with Crippen LogP contribution in [-0.4, -0.2) is 43.9 Å². The molecule has 2 aromatic rings. The number of nitrogens with zero attached hydrogens (tertiary/aromatic N) is 4. The second-order valence-electron chi connectivity index (χ2n) is 7.01. The SMILES string of the molecule is O=C(CN1C(=O)[C@@H]2CCCC[C@H]2C1=O)NCc1ccnc(-n2cccn2)c1. The van der Waals surface area contributed by atoms with Gasteiger partial charge in [0.25, 0.3) is 0 Å². The average molecular weight is 367 g/mol. The number of hydrogen-bond donors (Lipinski definition) is 1. The first kappa shape index (κ1) is 17.4. The third-order valence-electron chi connectivity index (χ3n) is 5.27. The summed E-state index contributed by atoms with van der Waals surface area (Å²) in [6, 6.07) is 5.43. The van der Waals surface area contributed by atoms with Crippen LogP contribution in [0.2, 0.25) is 0 Å². The molecule has 1 aliphatic carbocycles. The summed E-state index contributed by atoms with van der Waals surface area (Å²) in [6.07, 6.45) is 8.55. The predicted molar refractivity (Wildman–Crippen MR) is 95.4 cm³/mol. The van der Waals surface area contributed by atoms with Crippen LogP contribution in [-0.2, 0) is 20.9 Å². The number of nitrogens with one attached hydrogen (secondary N) is 1. The van der Waals surface area contributed by atoms with Gasteiger partial charge in [-0.25, -0.2) is 9.67 Å². The summed E-state index contributed by atoms with van der Waals surface area (Å²) in [4.78, 5) is 42.6. The Bertz CT molecular complexity index is 840. The fourth-order valence-electron chi connectivity index (χ4n) is 3.89. The minimum absolute atomic E-state index is 0.190. The largest absolute Gasteiger partial charge is 0.350 e. The summed E-state index contributed by atoms with van der Waals surface area (Å²) >= 11 is 0. The molecule has 2 aliphatic rings. The highest BCUT2D eigenvalue weighted by Gasteiger charge is 2.48. The van der Waals surface area contributed by atoms with E-state index in [0.717, 1.165) is 36.1 Å². The molecule has 0 spiro atoms. The average Bonchev–Trinajstić information content (AvgIpc) is 3.31. The zero-order valence-corrected chi connectivity index (χ0v) is 14.9. The van der Waals surface area contributed by atoms with Crippen LogP contribution in [0, 0.1) is 11.8 Å². The first-order valence-electron chi connectivity index (χ1n) is 9.20. The number of fused-ring (bicyclic) bond motifs is 1. The number of amides is 3. The third kappa shape index (κ3) is 3.47. The first-order chi connectivity index (χ1) is 13.1. The van der Waals surface area contributed by atoms with Gasteiger partial charge in [-0.1, -0.05) is 12.8 Å². The molecule has 0 unspecified atom stereocenters. The molecule has 4 rings (SSSR count). The molecule has 3 amide bonds. The van der Waals surface area contributed by atoms with E-state index in [-0.39, 0.29) is 36.1 Å². The Morgan fingerprint density at radius 1 is 1.15 bits per heavy atom. The molecule has 1 N–H and O–H groups in total. The van der Waals surface area contributed by atoms with Gasteiger partial charge in [0.1, 0.15) is 6.54 Å². The smallest absolute Gasteiger partial charge is 0.240 e. The molecule has 2 fully saturated rings. The summed E-state index contributed by atoms with van der Waals surface area (Å²) in [5, 5.41) is 6.91. The number of hydrogen-bond acceptors (Lipinski definition) is 5. The topological polar surface area (TPSA) is 97.2 Å². The zero-order chi connectivity index (χ0) is 18.8. The summed E-state index contributed by atoms with van der Waals surface area (Å²) in [5.41, 5.74) is 0.858. The molecule has 3 heterocycles. The second-order valence-corrected chi connectivity index (χ2v) is 7.01. The quantitative estimate of drug-likeness (QED) is 0.797. The van der Waals surface area contributed by atoms with Gasteiger partial charge in [-0.3, -0.25) is 19.3 Å². The Morgan fingerprint density at radius 3 is 2.56 bits per heavy atom. The molecule has 2 aromatic heterocycles. The fraction of sp³-hybridized carbons (Fsp3) is 0.421. The number of aromatic nitrogens is 3. The van der Waals surface area contributed by atoms with Crippen molar-refractivity contribution in [1.29, 1.82) is 0 Å². The van der Waals surface area contributed by atoms with Gasteiger partial charge in [0.05, 0.1) is 11.8 Å². The normalized spacial score (nSPS) is 22.0.